The van der Waals surface area contributed by atoms with Crippen molar-refractivity contribution in [3.8, 4) is 0 Å². The fraction of sp³-hybridized carbons (Fsp3) is 0.417. The van der Waals surface area contributed by atoms with Crippen molar-refractivity contribution in [3.63, 3.8) is 0 Å². The Morgan fingerprint density at radius 3 is 2.20 bits per heavy atom. The lowest BCUT2D eigenvalue weighted by Crippen LogP contribution is -2.52. The molecule has 0 aromatic heterocycles. The third kappa shape index (κ3) is 7.98. The molecule has 2 aromatic carbocycles. The fourth-order valence-corrected chi connectivity index (χ4v) is 4.29. The molecule has 192 valence electrons. The van der Waals surface area contributed by atoms with Crippen LogP contribution < -0.4 is 9.62 Å². The van der Waals surface area contributed by atoms with Crippen molar-refractivity contribution in [1.29, 1.82) is 0 Å². The summed E-state index contributed by atoms with van der Waals surface area (Å²) in [6.45, 7) is 6.13. The number of carbonyl (C=O) groups excluding carboxylic acids is 2. The zero-order chi connectivity index (χ0) is 26.6. The summed E-state index contributed by atoms with van der Waals surface area (Å²) < 4.78 is 65.2. The van der Waals surface area contributed by atoms with Crippen LogP contribution in [-0.2, 0) is 32.3 Å². The van der Waals surface area contributed by atoms with Crippen LogP contribution in [0.15, 0.2) is 48.5 Å². The lowest BCUT2D eigenvalue weighted by molar-refractivity contribution is -0.139. The Morgan fingerprint density at radius 2 is 1.66 bits per heavy atom. The molecule has 0 saturated carbocycles. The maximum absolute atomic E-state index is 13.4. The Kier molecular flexibility index (Phi) is 8.94. The SMILES string of the molecule is Cc1cccc(CN(C(=O)CN(c2cccc(C(F)(F)F)c2)S(C)(=O)=O)C(C)C(=O)NC(C)C)c1. The van der Waals surface area contributed by atoms with E-state index in [1.807, 2.05) is 19.1 Å². The molecule has 35 heavy (non-hydrogen) atoms. The minimum atomic E-state index is -4.69. The summed E-state index contributed by atoms with van der Waals surface area (Å²) in [6, 6.07) is 9.83. The van der Waals surface area contributed by atoms with Crippen LogP contribution in [0.4, 0.5) is 18.9 Å². The van der Waals surface area contributed by atoms with Crippen LogP contribution in [0.25, 0.3) is 0 Å². The molecule has 2 aromatic rings. The zero-order valence-corrected chi connectivity index (χ0v) is 21.1. The van der Waals surface area contributed by atoms with Gasteiger partial charge in [0.15, 0.2) is 0 Å². The highest BCUT2D eigenvalue weighted by molar-refractivity contribution is 7.92. The molecule has 0 aliphatic heterocycles. The predicted molar refractivity (Wildman–Crippen MR) is 128 cm³/mol. The van der Waals surface area contributed by atoms with Crippen LogP contribution in [0, 0.1) is 6.92 Å². The molecule has 0 radical (unpaired) electrons. The van der Waals surface area contributed by atoms with Gasteiger partial charge in [-0.2, -0.15) is 13.2 Å². The van der Waals surface area contributed by atoms with Crippen LogP contribution in [0.2, 0.25) is 0 Å². The van der Waals surface area contributed by atoms with E-state index in [-0.39, 0.29) is 18.3 Å². The molecule has 2 amide bonds. The molecule has 0 bridgehead atoms. The highest BCUT2D eigenvalue weighted by Crippen LogP contribution is 2.32. The van der Waals surface area contributed by atoms with E-state index in [9.17, 15) is 31.2 Å². The van der Waals surface area contributed by atoms with Crippen molar-refractivity contribution < 1.29 is 31.2 Å². The summed E-state index contributed by atoms with van der Waals surface area (Å²) in [7, 11) is -4.14. The molecule has 0 fully saturated rings. The number of anilines is 1. The molecular weight excluding hydrogens is 483 g/mol. The largest absolute Gasteiger partial charge is 0.416 e. The minimum absolute atomic E-state index is 0.00733. The van der Waals surface area contributed by atoms with Crippen LogP contribution in [0.1, 0.15) is 37.5 Å². The molecule has 0 aliphatic rings. The van der Waals surface area contributed by atoms with Gasteiger partial charge in [0.1, 0.15) is 12.6 Å². The highest BCUT2D eigenvalue weighted by atomic mass is 32.2. The summed E-state index contributed by atoms with van der Waals surface area (Å²) in [6.07, 6.45) is -3.88. The van der Waals surface area contributed by atoms with Gasteiger partial charge in [0.25, 0.3) is 0 Å². The van der Waals surface area contributed by atoms with Crippen molar-refractivity contribution in [2.75, 3.05) is 17.1 Å². The number of rotatable bonds is 9. The van der Waals surface area contributed by atoms with Crippen LogP contribution in [-0.4, -0.2) is 50.0 Å². The number of hydrogen-bond acceptors (Lipinski definition) is 4. The number of carbonyl (C=O) groups is 2. The number of nitrogens with one attached hydrogen (secondary N) is 1. The Bertz CT molecular complexity index is 1170. The summed E-state index contributed by atoms with van der Waals surface area (Å²) >= 11 is 0. The normalized spacial score (nSPS) is 12.8. The van der Waals surface area contributed by atoms with E-state index in [0.717, 1.165) is 24.0 Å². The van der Waals surface area contributed by atoms with E-state index in [2.05, 4.69) is 5.32 Å². The van der Waals surface area contributed by atoms with Gasteiger partial charge in [-0.05, 0) is 51.5 Å². The first-order valence-electron chi connectivity index (χ1n) is 10.9. The molecule has 1 N–H and O–H groups in total. The van der Waals surface area contributed by atoms with Crippen molar-refractivity contribution >= 4 is 27.5 Å². The third-order valence-corrected chi connectivity index (χ3v) is 6.31. The van der Waals surface area contributed by atoms with E-state index in [1.54, 1.807) is 26.0 Å². The number of aryl methyl sites for hydroxylation is 1. The summed E-state index contributed by atoms with van der Waals surface area (Å²) in [4.78, 5) is 27.3. The first kappa shape index (κ1) is 28.2. The quantitative estimate of drug-likeness (QED) is 0.554. The average Bonchev–Trinajstić information content (AvgIpc) is 2.73. The topological polar surface area (TPSA) is 86.8 Å². The van der Waals surface area contributed by atoms with Crippen molar-refractivity contribution in [1.82, 2.24) is 10.2 Å². The summed E-state index contributed by atoms with van der Waals surface area (Å²) in [5.41, 5.74) is 0.297. The van der Waals surface area contributed by atoms with Gasteiger partial charge in [0.2, 0.25) is 21.8 Å². The average molecular weight is 514 g/mol. The van der Waals surface area contributed by atoms with Crippen molar-refractivity contribution in [3.05, 3.63) is 65.2 Å². The molecule has 1 atom stereocenters. The van der Waals surface area contributed by atoms with E-state index >= 15 is 0 Å². The maximum Gasteiger partial charge on any atom is 0.416 e. The maximum atomic E-state index is 13.4. The Morgan fingerprint density at radius 1 is 1.03 bits per heavy atom. The van der Waals surface area contributed by atoms with E-state index in [0.29, 0.717) is 15.9 Å². The molecule has 0 aliphatic carbocycles. The molecule has 7 nitrogen and oxygen atoms in total. The van der Waals surface area contributed by atoms with Gasteiger partial charge in [0.05, 0.1) is 17.5 Å². The first-order valence-corrected chi connectivity index (χ1v) is 12.7. The Labute approximate surface area is 204 Å². The standard InChI is InChI=1S/C24H30F3N3O4S/c1-16(2)28-23(32)18(4)29(14-19-9-6-8-17(3)12-19)22(31)15-30(35(5,33)34)21-11-7-10-20(13-21)24(25,26)27/h6-13,16,18H,14-15H2,1-5H3,(H,28,32). The lowest BCUT2D eigenvalue weighted by Gasteiger charge is -2.32. The lowest BCUT2D eigenvalue weighted by atomic mass is 10.1. The Hall–Kier alpha value is -3.08. The monoisotopic (exact) mass is 513 g/mol. The van der Waals surface area contributed by atoms with Crippen molar-refractivity contribution in [2.24, 2.45) is 0 Å². The molecule has 0 spiro atoms. The number of nitrogens with zero attached hydrogens (tertiary/aromatic N) is 2. The molecule has 1 unspecified atom stereocenters. The molecule has 11 heteroatoms. The first-order chi connectivity index (χ1) is 16.1. The van der Waals surface area contributed by atoms with Crippen LogP contribution in [0.3, 0.4) is 0 Å². The third-order valence-electron chi connectivity index (χ3n) is 5.17. The van der Waals surface area contributed by atoms with Gasteiger partial charge >= 0.3 is 6.18 Å². The highest BCUT2D eigenvalue weighted by Gasteiger charge is 2.33. The fourth-order valence-electron chi connectivity index (χ4n) is 3.45. The van der Waals surface area contributed by atoms with Crippen LogP contribution in [0.5, 0.6) is 0 Å². The van der Waals surface area contributed by atoms with Gasteiger partial charge in [-0.1, -0.05) is 35.9 Å². The van der Waals surface area contributed by atoms with E-state index < -0.39 is 46.2 Å². The second kappa shape index (κ2) is 11.1. The second-order valence-electron chi connectivity index (χ2n) is 8.67. The molecule has 0 heterocycles. The Balaban J connectivity index is 2.45. The zero-order valence-electron chi connectivity index (χ0n) is 20.3. The number of hydrogen-bond donors (Lipinski definition) is 1. The van der Waals surface area contributed by atoms with Gasteiger partial charge in [-0.15, -0.1) is 0 Å². The number of halogens is 3. The number of alkyl halides is 3. The molecule has 2 rings (SSSR count). The molecular formula is C24H30F3N3O4S. The van der Waals surface area contributed by atoms with E-state index in [4.69, 9.17) is 0 Å². The van der Waals surface area contributed by atoms with Gasteiger partial charge < -0.3 is 10.2 Å². The molecule has 0 saturated heterocycles. The van der Waals surface area contributed by atoms with Crippen LogP contribution >= 0.6 is 0 Å². The minimum Gasteiger partial charge on any atom is -0.352 e. The van der Waals surface area contributed by atoms with Gasteiger partial charge in [-0.25, -0.2) is 8.42 Å². The van der Waals surface area contributed by atoms with Gasteiger partial charge in [-0.3, -0.25) is 13.9 Å². The number of amides is 2. The number of benzene rings is 2. The summed E-state index contributed by atoms with van der Waals surface area (Å²) in [5.74, 6) is -1.17. The van der Waals surface area contributed by atoms with E-state index in [1.165, 1.54) is 17.9 Å². The summed E-state index contributed by atoms with van der Waals surface area (Å²) in [5, 5.41) is 2.72. The van der Waals surface area contributed by atoms with Crippen molar-refractivity contribution in [2.45, 2.75) is 52.5 Å². The predicted octanol–water partition coefficient (Wildman–Crippen LogP) is 3.72. The van der Waals surface area contributed by atoms with Gasteiger partial charge in [0, 0.05) is 12.6 Å². The second-order valence-corrected chi connectivity index (χ2v) is 10.6. The number of sulfonamides is 1. The smallest absolute Gasteiger partial charge is 0.352 e.